The highest BCUT2D eigenvalue weighted by Gasteiger charge is 2.28. The Balaban J connectivity index is 2.51. The van der Waals surface area contributed by atoms with Crippen LogP contribution in [0.4, 0.5) is 0 Å². The molecule has 1 aromatic heterocycles. The summed E-state index contributed by atoms with van der Waals surface area (Å²) in [4.78, 5) is 10.8. The number of hydrogen-bond donors (Lipinski definition) is 1. The summed E-state index contributed by atoms with van der Waals surface area (Å²) in [5.41, 5.74) is 0.379. The van der Waals surface area contributed by atoms with Gasteiger partial charge >= 0.3 is 5.97 Å². The first kappa shape index (κ1) is 7.87. The van der Waals surface area contributed by atoms with Gasteiger partial charge in [0.15, 0.2) is 0 Å². The van der Waals surface area contributed by atoms with Gasteiger partial charge in [0.1, 0.15) is 11.8 Å². The van der Waals surface area contributed by atoms with E-state index in [0.717, 1.165) is 12.8 Å². The predicted octanol–water partition coefficient (Wildman–Crippen LogP) is 1.39. The number of aromatic nitrogens is 1. The number of nitriles is 1. The Hall–Kier alpha value is -1.76. The molecule has 4 nitrogen and oxygen atoms in total. The first-order chi connectivity index (χ1) is 6.24. The molecule has 1 fully saturated rings. The highest BCUT2D eigenvalue weighted by Crippen LogP contribution is 2.36. The lowest BCUT2D eigenvalue weighted by atomic mass is 10.2. The zero-order valence-electron chi connectivity index (χ0n) is 6.90. The molecule has 1 N–H and O–H groups in total. The summed E-state index contributed by atoms with van der Waals surface area (Å²) in [6.45, 7) is 0. The van der Waals surface area contributed by atoms with E-state index in [1.54, 1.807) is 16.8 Å². The van der Waals surface area contributed by atoms with Gasteiger partial charge in [-0.3, -0.25) is 0 Å². The molecule has 0 atom stereocenters. The van der Waals surface area contributed by atoms with Crippen LogP contribution in [0.5, 0.6) is 0 Å². The van der Waals surface area contributed by atoms with Crippen LogP contribution in [0.1, 0.15) is 34.9 Å². The topological polar surface area (TPSA) is 66.0 Å². The third-order valence-electron chi connectivity index (χ3n) is 2.18. The first-order valence-electron chi connectivity index (χ1n) is 4.08. The fraction of sp³-hybridized carbons (Fsp3) is 0.333. The molecule has 13 heavy (non-hydrogen) atoms. The second kappa shape index (κ2) is 2.63. The summed E-state index contributed by atoms with van der Waals surface area (Å²) >= 11 is 0. The van der Waals surface area contributed by atoms with Crippen LogP contribution in [-0.2, 0) is 0 Å². The molecule has 0 amide bonds. The van der Waals surface area contributed by atoms with Crippen LogP contribution < -0.4 is 0 Å². The van der Waals surface area contributed by atoms with Crippen molar-refractivity contribution in [2.75, 3.05) is 0 Å². The molecule has 0 bridgehead atoms. The van der Waals surface area contributed by atoms with Gasteiger partial charge in [-0.15, -0.1) is 0 Å². The predicted molar refractivity (Wildman–Crippen MR) is 44.4 cm³/mol. The van der Waals surface area contributed by atoms with Crippen LogP contribution in [0.25, 0.3) is 0 Å². The van der Waals surface area contributed by atoms with Crippen molar-refractivity contribution in [3.63, 3.8) is 0 Å². The molecular formula is C9H8N2O2. The summed E-state index contributed by atoms with van der Waals surface area (Å²) < 4.78 is 1.68. The first-order valence-corrected chi connectivity index (χ1v) is 4.08. The molecular weight excluding hydrogens is 168 g/mol. The van der Waals surface area contributed by atoms with Gasteiger partial charge in [-0.2, -0.15) is 5.26 Å². The maximum absolute atomic E-state index is 10.8. The van der Waals surface area contributed by atoms with Crippen molar-refractivity contribution in [3.05, 3.63) is 23.5 Å². The molecule has 1 saturated carbocycles. The summed E-state index contributed by atoms with van der Waals surface area (Å²) in [7, 11) is 0. The summed E-state index contributed by atoms with van der Waals surface area (Å²) in [6, 6.07) is 3.73. The highest BCUT2D eigenvalue weighted by molar-refractivity contribution is 5.89. The Labute approximate surface area is 75.0 Å². The van der Waals surface area contributed by atoms with Crippen molar-refractivity contribution in [1.29, 1.82) is 5.26 Å². The third kappa shape index (κ3) is 1.18. The van der Waals surface area contributed by atoms with E-state index in [4.69, 9.17) is 10.4 Å². The average Bonchev–Trinajstić information content (AvgIpc) is 2.84. The lowest BCUT2D eigenvalue weighted by molar-refractivity contribution is 0.0684. The van der Waals surface area contributed by atoms with Gasteiger partial charge in [0, 0.05) is 12.2 Å². The van der Waals surface area contributed by atoms with Gasteiger partial charge in [-0.25, -0.2) is 4.79 Å². The van der Waals surface area contributed by atoms with Crippen LogP contribution in [0.3, 0.4) is 0 Å². The molecule has 0 spiro atoms. The Morgan fingerprint density at radius 2 is 2.38 bits per heavy atom. The maximum atomic E-state index is 10.8. The van der Waals surface area contributed by atoms with Crippen molar-refractivity contribution in [2.24, 2.45) is 0 Å². The lowest BCUT2D eigenvalue weighted by Gasteiger charge is -2.02. The van der Waals surface area contributed by atoms with Crippen LogP contribution in [-0.4, -0.2) is 15.6 Å². The van der Waals surface area contributed by atoms with Gasteiger partial charge in [-0.1, -0.05) is 0 Å². The van der Waals surface area contributed by atoms with E-state index in [1.165, 1.54) is 0 Å². The SMILES string of the molecule is N#Cc1ccn(C2CC2)c1C(=O)O. The Kier molecular flexibility index (Phi) is 1.59. The molecule has 0 aliphatic heterocycles. The summed E-state index contributed by atoms with van der Waals surface area (Å²) in [5, 5.41) is 17.5. The molecule has 1 aromatic rings. The van der Waals surface area contributed by atoms with Crippen molar-refractivity contribution < 1.29 is 9.90 Å². The van der Waals surface area contributed by atoms with Gasteiger partial charge < -0.3 is 9.67 Å². The molecule has 1 aliphatic carbocycles. The van der Waals surface area contributed by atoms with E-state index in [1.807, 2.05) is 6.07 Å². The molecule has 1 aliphatic rings. The summed E-state index contributed by atoms with van der Waals surface area (Å²) in [6.07, 6.45) is 3.71. The lowest BCUT2D eigenvalue weighted by Crippen LogP contribution is -2.07. The number of carboxylic acids is 1. The molecule has 4 heteroatoms. The Bertz CT molecular complexity index is 396. The molecule has 1 heterocycles. The van der Waals surface area contributed by atoms with Crippen LogP contribution in [0, 0.1) is 11.3 Å². The largest absolute Gasteiger partial charge is 0.477 e. The molecule has 0 saturated heterocycles. The van der Waals surface area contributed by atoms with E-state index in [9.17, 15) is 4.79 Å². The van der Waals surface area contributed by atoms with Crippen molar-refractivity contribution >= 4 is 5.97 Å². The fourth-order valence-electron chi connectivity index (χ4n) is 1.42. The number of aromatic carboxylic acids is 1. The van der Waals surface area contributed by atoms with Gasteiger partial charge in [0.25, 0.3) is 0 Å². The molecule has 0 radical (unpaired) electrons. The quantitative estimate of drug-likeness (QED) is 0.740. The van der Waals surface area contributed by atoms with Crippen LogP contribution >= 0.6 is 0 Å². The molecule has 66 valence electrons. The van der Waals surface area contributed by atoms with Crippen molar-refractivity contribution in [3.8, 4) is 6.07 Å². The van der Waals surface area contributed by atoms with Gasteiger partial charge in [-0.05, 0) is 18.9 Å². The molecule has 2 rings (SSSR count). The third-order valence-corrected chi connectivity index (χ3v) is 2.18. The van der Waals surface area contributed by atoms with E-state index in [0.29, 0.717) is 6.04 Å². The number of rotatable bonds is 2. The van der Waals surface area contributed by atoms with E-state index in [-0.39, 0.29) is 11.3 Å². The maximum Gasteiger partial charge on any atom is 0.353 e. The minimum atomic E-state index is -1.02. The minimum Gasteiger partial charge on any atom is -0.477 e. The average molecular weight is 176 g/mol. The normalized spacial score (nSPS) is 15.3. The monoisotopic (exact) mass is 176 g/mol. The van der Waals surface area contributed by atoms with E-state index < -0.39 is 5.97 Å². The smallest absolute Gasteiger partial charge is 0.353 e. The zero-order chi connectivity index (χ0) is 9.42. The van der Waals surface area contributed by atoms with Crippen molar-refractivity contribution in [2.45, 2.75) is 18.9 Å². The number of nitrogens with zero attached hydrogens (tertiary/aromatic N) is 2. The molecule has 0 aromatic carbocycles. The van der Waals surface area contributed by atoms with E-state index in [2.05, 4.69) is 0 Å². The van der Waals surface area contributed by atoms with Gasteiger partial charge in [0.05, 0.1) is 5.56 Å². The Morgan fingerprint density at radius 1 is 1.69 bits per heavy atom. The van der Waals surface area contributed by atoms with E-state index >= 15 is 0 Å². The van der Waals surface area contributed by atoms with Crippen molar-refractivity contribution in [1.82, 2.24) is 4.57 Å². The number of carboxylic acid groups (broad SMARTS) is 1. The van der Waals surface area contributed by atoms with Gasteiger partial charge in [0.2, 0.25) is 0 Å². The second-order valence-electron chi connectivity index (χ2n) is 3.13. The highest BCUT2D eigenvalue weighted by atomic mass is 16.4. The zero-order valence-corrected chi connectivity index (χ0v) is 6.90. The Morgan fingerprint density at radius 3 is 2.85 bits per heavy atom. The summed E-state index contributed by atoms with van der Waals surface area (Å²) in [5.74, 6) is -1.02. The molecule has 0 unspecified atom stereocenters. The minimum absolute atomic E-state index is 0.130. The second-order valence-corrected chi connectivity index (χ2v) is 3.13. The van der Waals surface area contributed by atoms with Crippen LogP contribution in [0.15, 0.2) is 12.3 Å². The number of hydrogen-bond acceptors (Lipinski definition) is 2. The number of carbonyl (C=O) groups is 1. The van der Waals surface area contributed by atoms with Crippen LogP contribution in [0.2, 0.25) is 0 Å². The standard InChI is InChI=1S/C9H8N2O2/c10-5-6-3-4-11(7-1-2-7)8(6)9(12)13/h3-4,7H,1-2H2,(H,12,13). The fourth-order valence-corrected chi connectivity index (χ4v) is 1.42.